The van der Waals surface area contributed by atoms with Crippen molar-refractivity contribution >= 4 is 32.6 Å². The molecule has 30 heavy (non-hydrogen) atoms. The Kier molecular flexibility index (Phi) is 5.63. The largest absolute Gasteiger partial charge is 0.494 e. The van der Waals surface area contributed by atoms with Crippen LogP contribution in [0, 0.1) is 11.3 Å². The summed E-state index contributed by atoms with van der Waals surface area (Å²) in [7, 11) is 0. The molecule has 0 aliphatic rings. The van der Waals surface area contributed by atoms with Gasteiger partial charge in [-0.25, -0.2) is 4.98 Å². The van der Waals surface area contributed by atoms with Crippen LogP contribution in [0.3, 0.4) is 0 Å². The Morgan fingerprint density at radius 1 is 1.20 bits per heavy atom. The molecule has 0 atom stereocenters. The fourth-order valence-electron chi connectivity index (χ4n) is 2.78. The van der Waals surface area contributed by atoms with E-state index in [4.69, 9.17) is 19.2 Å². The summed E-state index contributed by atoms with van der Waals surface area (Å²) in [5, 5.41) is 12.3. The highest BCUT2D eigenvalue weighted by Crippen LogP contribution is 2.29. The number of nitriles is 1. The smallest absolute Gasteiger partial charge is 0.293 e. The van der Waals surface area contributed by atoms with Crippen LogP contribution in [-0.4, -0.2) is 17.5 Å². The average Bonchev–Trinajstić information content (AvgIpc) is 3.39. The normalized spacial score (nSPS) is 10.5. The van der Waals surface area contributed by atoms with Gasteiger partial charge in [-0.1, -0.05) is 23.5 Å². The molecule has 4 rings (SSSR count). The van der Waals surface area contributed by atoms with E-state index in [-0.39, 0.29) is 12.4 Å². The van der Waals surface area contributed by atoms with Crippen LogP contribution in [0.2, 0.25) is 0 Å². The third kappa shape index (κ3) is 4.26. The molecule has 1 amide bonds. The highest BCUT2D eigenvalue weighted by atomic mass is 32.1. The number of amides is 1. The lowest BCUT2D eigenvalue weighted by molar-refractivity contribution is 0.0992. The lowest BCUT2D eigenvalue weighted by Gasteiger charge is -2.05. The maximum Gasteiger partial charge on any atom is 0.293 e. The Labute approximate surface area is 176 Å². The van der Waals surface area contributed by atoms with Crippen molar-refractivity contribution in [2.75, 3.05) is 11.9 Å². The molecule has 2 heterocycles. The topological polar surface area (TPSA) is 97.4 Å². The standard InChI is InChI=1S/C22H17N3O4S/c1-2-27-15-7-9-17-20(11-15)30-22(24-17)25-21(26)19-10-8-16(29-19)13-28-18-6-4-3-5-14(18)12-23/h3-11H,2,13H2,1H3,(H,24,25,26). The molecule has 8 heteroatoms. The molecule has 0 aliphatic carbocycles. The number of fused-ring (bicyclic) bond motifs is 1. The van der Waals surface area contributed by atoms with E-state index in [1.165, 1.54) is 11.3 Å². The summed E-state index contributed by atoms with van der Waals surface area (Å²) in [6.07, 6.45) is 0. The number of anilines is 1. The number of aromatic nitrogens is 1. The maximum atomic E-state index is 12.5. The number of rotatable bonds is 7. The molecule has 0 saturated heterocycles. The summed E-state index contributed by atoms with van der Waals surface area (Å²) in [5.74, 6) is 1.45. The Bertz CT molecular complexity index is 1240. The summed E-state index contributed by atoms with van der Waals surface area (Å²) < 4.78 is 17.6. The Morgan fingerprint density at radius 3 is 2.90 bits per heavy atom. The number of furan rings is 1. The lowest BCUT2D eigenvalue weighted by Crippen LogP contribution is -2.10. The highest BCUT2D eigenvalue weighted by Gasteiger charge is 2.15. The van der Waals surface area contributed by atoms with Crippen molar-refractivity contribution in [3.05, 3.63) is 71.7 Å². The van der Waals surface area contributed by atoms with Crippen LogP contribution < -0.4 is 14.8 Å². The molecule has 0 bridgehead atoms. The number of ether oxygens (including phenoxy) is 2. The van der Waals surface area contributed by atoms with Gasteiger partial charge in [0, 0.05) is 0 Å². The first-order valence-electron chi connectivity index (χ1n) is 9.21. The van der Waals surface area contributed by atoms with Gasteiger partial charge in [0.2, 0.25) is 0 Å². The van der Waals surface area contributed by atoms with E-state index in [0.29, 0.717) is 28.8 Å². The van der Waals surface area contributed by atoms with Gasteiger partial charge in [-0.2, -0.15) is 5.26 Å². The molecule has 2 aromatic heterocycles. The fourth-order valence-corrected chi connectivity index (χ4v) is 3.67. The minimum atomic E-state index is -0.400. The van der Waals surface area contributed by atoms with Crippen molar-refractivity contribution in [3.8, 4) is 17.6 Å². The number of nitrogens with one attached hydrogen (secondary N) is 1. The van der Waals surface area contributed by atoms with Crippen molar-refractivity contribution in [1.29, 1.82) is 5.26 Å². The molecule has 7 nitrogen and oxygen atoms in total. The molecule has 0 radical (unpaired) electrons. The zero-order valence-electron chi connectivity index (χ0n) is 16.0. The monoisotopic (exact) mass is 419 g/mol. The number of carbonyl (C=O) groups is 1. The van der Waals surface area contributed by atoms with Gasteiger partial charge in [0.1, 0.15) is 29.9 Å². The van der Waals surface area contributed by atoms with E-state index in [1.54, 1.807) is 36.4 Å². The second-order valence-electron chi connectivity index (χ2n) is 6.20. The van der Waals surface area contributed by atoms with Gasteiger partial charge in [0.25, 0.3) is 5.91 Å². The van der Waals surface area contributed by atoms with Crippen molar-refractivity contribution in [1.82, 2.24) is 4.98 Å². The van der Waals surface area contributed by atoms with Crippen molar-refractivity contribution in [3.63, 3.8) is 0 Å². The number of hydrogen-bond acceptors (Lipinski definition) is 7. The lowest BCUT2D eigenvalue weighted by atomic mass is 10.2. The van der Waals surface area contributed by atoms with Crippen LogP contribution >= 0.6 is 11.3 Å². The van der Waals surface area contributed by atoms with Crippen molar-refractivity contribution < 1.29 is 18.7 Å². The minimum Gasteiger partial charge on any atom is -0.494 e. The third-order valence-corrected chi connectivity index (χ3v) is 5.09. The molecule has 150 valence electrons. The molecule has 0 unspecified atom stereocenters. The van der Waals surface area contributed by atoms with Gasteiger partial charge in [0.05, 0.1) is 22.4 Å². The van der Waals surface area contributed by atoms with Crippen LogP contribution in [0.5, 0.6) is 11.5 Å². The molecule has 1 N–H and O–H groups in total. The van der Waals surface area contributed by atoms with Crippen molar-refractivity contribution in [2.24, 2.45) is 0 Å². The van der Waals surface area contributed by atoms with E-state index in [0.717, 1.165) is 16.0 Å². The Hall–Kier alpha value is -3.83. The Morgan fingerprint density at radius 2 is 2.07 bits per heavy atom. The van der Waals surface area contributed by atoms with Gasteiger partial charge in [-0.15, -0.1) is 0 Å². The number of benzene rings is 2. The number of nitrogens with zero attached hydrogens (tertiary/aromatic N) is 2. The number of para-hydroxylation sites is 1. The summed E-state index contributed by atoms with van der Waals surface area (Å²) in [5.41, 5.74) is 1.22. The predicted octanol–water partition coefficient (Wildman–Crippen LogP) is 4.99. The summed E-state index contributed by atoms with van der Waals surface area (Å²) in [6, 6.07) is 17.8. The predicted molar refractivity (Wildman–Crippen MR) is 113 cm³/mol. The first-order chi connectivity index (χ1) is 14.7. The first kappa shape index (κ1) is 19.5. The van der Waals surface area contributed by atoms with Gasteiger partial charge >= 0.3 is 0 Å². The molecule has 0 spiro atoms. The van der Waals surface area contributed by atoms with Gasteiger partial charge in [-0.05, 0) is 49.4 Å². The zero-order chi connectivity index (χ0) is 20.9. The fraction of sp³-hybridized carbons (Fsp3) is 0.136. The van der Waals surface area contributed by atoms with Gasteiger partial charge in [0.15, 0.2) is 10.9 Å². The SMILES string of the molecule is CCOc1ccc2nc(NC(=O)c3ccc(COc4ccccc4C#N)o3)sc2c1. The zero-order valence-corrected chi connectivity index (χ0v) is 16.9. The molecular formula is C22H17N3O4S. The van der Waals surface area contributed by atoms with Crippen LogP contribution in [0.4, 0.5) is 5.13 Å². The van der Waals surface area contributed by atoms with E-state index in [9.17, 15) is 4.79 Å². The third-order valence-electron chi connectivity index (χ3n) is 4.15. The van der Waals surface area contributed by atoms with Gasteiger partial charge in [-0.3, -0.25) is 10.1 Å². The Balaban J connectivity index is 1.41. The van der Waals surface area contributed by atoms with E-state index in [1.807, 2.05) is 25.1 Å². The van der Waals surface area contributed by atoms with Crippen LogP contribution in [0.15, 0.2) is 59.0 Å². The number of carbonyl (C=O) groups excluding carboxylic acids is 1. The molecule has 2 aromatic carbocycles. The second kappa shape index (κ2) is 8.68. The summed E-state index contributed by atoms with van der Waals surface area (Å²) in [6.45, 7) is 2.61. The van der Waals surface area contributed by atoms with E-state index in [2.05, 4.69) is 16.4 Å². The molecular weight excluding hydrogens is 402 g/mol. The molecule has 0 fully saturated rings. The van der Waals surface area contributed by atoms with Crippen molar-refractivity contribution in [2.45, 2.75) is 13.5 Å². The molecule has 0 saturated carbocycles. The quantitative estimate of drug-likeness (QED) is 0.453. The van der Waals surface area contributed by atoms with Crippen LogP contribution in [-0.2, 0) is 6.61 Å². The van der Waals surface area contributed by atoms with E-state index >= 15 is 0 Å². The number of thiazole rings is 1. The highest BCUT2D eigenvalue weighted by molar-refractivity contribution is 7.22. The average molecular weight is 419 g/mol. The van der Waals surface area contributed by atoms with Crippen LogP contribution in [0.25, 0.3) is 10.2 Å². The van der Waals surface area contributed by atoms with Gasteiger partial charge < -0.3 is 13.9 Å². The summed E-state index contributed by atoms with van der Waals surface area (Å²) in [4.78, 5) is 16.9. The summed E-state index contributed by atoms with van der Waals surface area (Å²) >= 11 is 1.36. The molecule has 4 aromatic rings. The second-order valence-corrected chi connectivity index (χ2v) is 7.23. The molecule has 0 aliphatic heterocycles. The first-order valence-corrected chi connectivity index (χ1v) is 10.0. The van der Waals surface area contributed by atoms with Crippen LogP contribution in [0.1, 0.15) is 28.8 Å². The number of hydrogen-bond donors (Lipinski definition) is 1. The maximum absolute atomic E-state index is 12.5. The minimum absolute atomic E-state index is 0.104. The van der Waals surface area contributed by atoms with E-state index < -0.39 is 5.91 Å².